The molecule has 1 fully saturated rings. The lowest BCUT2D eigenvalue weighted by molar-refractivity contribution is -0.896. The third-order valence-corrected chi connectivity index (χ3v) is 4.85. The molecule has 2 N–H and O–H groups in total. The zero-order chi connectivity index (χ0) is 18.6. The van der Waals surface area contributed by atoms with Crippen LogP contribution in [0.5, 0.6) is 0 Å². The predicted molar refractivity (Wildman–Crippen MR) is 100 cm³/mol. The van der Waals surface area contributed by atoms with Crippen molar-refractivity contribution in [1.29, 1.82) is 0 Å². The summed E-state index contributed by atoms with van der Waals surface area (Å²) in [6.07, 6.45) is 0.207. The molecule has 0 bridgehead atoms. The highest BCUT2D eigenvalue weighted by Gasteiger charge is 2.27. The SMILES string of the molecule is CC(C)(C)NC(=O)C[NH+]1CCN(C(=O)Cc2c(Cl)cccc2Cl)CC1. The van der Waals surface area contributed by atoms with E-state index in [4.69, 9.17) is 23.2 Å². The molecule has 2 rings (SSSR count). The number of halogens is 2. The first-order chi connectivity index (χ1) is 11.7. The Kier molecular flexibility index (Phi) is 6.72. The molecule has 1 heterocycles. The van der Waals surface area contributed by atoms with Crippen molar-refractivity contribution in [2.75, 3.05) is 32.7 Å². The van der Waals surface area contributed by atoms with Crippen molar-refractivity contribution in [2.45, 2.75) is 32.7 Å². The van der Waals surface area contributed by atoms with Crippen molar-refractivity contribution in [3.8, 4) is 0 Å². The van der Waals surface area contributed by atoms with Crippen LogP contribution in [0.2, 0.25) is 10.0 Å². The van der Waals surface area contributed by atoms with Gasteiger partial charge in [0.1, 0.15) is 0 Å². The molecule has 0 atom stereocenters. The Morgan fingerprint density at radius 2 is 1.72 bits per heavy atom. The van der Waals surface area contributed by atoms with Gasteiger partial charge in [0, 0.05) is 15.6 Å². The molecule has 138 valence electrons. The van der Waals surface area contributed by atoms with Crippen LogP contribution in [0.25, 0.3) is 0 Å². The van der Waals surface area contributed by atoms with Gasteiger partial charge in [0.15, 0.2) is 6.54 Å². The minimum Gasteiger partial charge on any atom is -0.347 e. The second-order valence-corrected chi connectivity index (χ2v) is 8.30. The fourth-order valence-electron chi connectivity index (χ4n) is 2.90. The topological polar surface area (TPSA) is 53.9 Å². The van der Waals surface area contributed by atoms with E-state index in [1.165, 1.54) is 4.90 Å². The van der Waals surface area contributed by atoms with Gasteiger partial charge in [0.05, 0.1) is 32.6 Å². The second-order valence-electron chi connectivity index (χ2n) is 7.48. The Morgan fingerprint density at radius 1 is 1.16 bits per heavy atom. The number of nitrogens with one attached hydrogen (secondary N) is 2. The molecule has 5 nitrogen and oxygen atoms in total. The summed E-state index contributed by atoms with van der Waals surface area (Å²) in [4.78, 5) is 27.5. The first-order valence-electron chi connectivity index (χ1n) is 8.51. The van der Waals surface area contributed by atoms with Gasteiger partial charge >= 0.3 is 0 Å². The molecule has 1 aromatic carbocycles. The van der Waals surface area contributed by atoms with Crippen molar-refractivity contribution in [3.63, 3.8) is 0 Å². The maximum absolute atomic E-state index is 12.5. The number of piperazine rings is 1. The van der Waals surface area contributed by atoms with Crippen molar-refractivity contribution in [2.24, 2.45) is 0 Å². The summed E-state index contributed by atoms with van der Waals surface area (Å²) in [6, 6.07) is 5.25. The largest absolute Gasteiger partial charge is 0.347 e. The summed E-state index contributed by atoms with van der Waals surface area (Å²) in [5, 5.41) is 4.01. The zero-order valence-corrected chi connectivity index (χ0v) is 16.5. The number of rotatable bonds is 4. The molecule has 0 saturated carbocycles. The molecule has 1 saturated heterocycles. The molecule has 7 heteroatoms. The number of benzene rings is 1. The number of nitrogens with zero attached hydrogens (tertiary/aromatic N) is 1. The second kappa shape index (κ2) is 8.39. The number of amides is 2. The summed E-state index contributed by atoms with van der Waals surface area (Å²) in [5.41, 5.74) is 0.456. The third kappa shape index (κ3) is 6.17. The van der Waals surface area contributed by atoms with E-state index in [1.807, 2.05) is 25.7 Å². The van der Waals surface area contributed by atoms with E-state index in [0.29, 0.717) is 35.2 Å². The smallest absolute Gasteiger partial charge is 0.275 e. The van der Waals surface area contributed by atoms with Gasteiger partial charge in [0.25, 0.3) is 5.91 Å². The maximum Gasteiger partial charge on any atom is 0.275 e. The van der Waals surface area contributed by atoms with E-state index >= 15 is 0 Å². The number of hydrogen-bond acceptors (Lipinski definition) is 2. The molecule has 1 aliphatic heterocycles. The fraction of sp³-hybridized carbons (Fsp3) is 0.556. The maximum atomic E-state index is 12.5. The molecule has 1 aliphatic rings. The fourth-order valence-corrected chi connectivity index (χ4v) is 3.43. The van der Waals surface area contributed by atoms with Gasteiger partial charge in [-0.05, 0) is 38.5 Å². The highest BCUT2D eigenvalue weighted by atomic mass is 35.5. The minimum atomic E-state index is -0.220. The first kappa shape index (κ1) is 20.0. The number of quaternary nitrogens is 1. The molecular weight excluding hydrogens is 361 g/mol. The van der Waals surface area contributed by atoms with Crippen molar-refractivity contribution >= 4 is 35.0 Å². The average Bonchev–Trinajstić information content (AvgIpc) is 2.49. The highest BCUT2D eigenvalue weighted by molar-refractivity contribution is 6.36. The molecular formula is C18H26Cl2N3O2+. The Balaban J connectivity index is 1.83. The zero-order valence-electron chi connectivity index (χ0n) is 15.0. The lowest BCUT2D eigenvalue weighted by Gasteiger charge is -2.32. The van der Waals surface area contributed by atoms with Crippen LogP contribution in [0.15, 0.2) is 18.2 Å². The Bertz CT molecular complexity index is 615. The Morgan fingerprint density at radius 3 is 2.24 bits per heavy atom. The summed E-state index contributed by atoms with van der Waals surface area (Å²) >= 11 is 12.3. The van der Waals surface area contributed by atoms with E-state index in [2.05, 4.69) is 5.32 Å². The van der Waals surface area contributed by atoms with Crippen LogP contribution in [-0.2, 0) is 16.0 Å². The number of carbonyl (C=O) groups excluding carboxylic acids is 2. The molecule has 0 aliphatic carbocycles. The van der Waals surface area contributed by atoms with Crippen molar-refractivity contribution in [1.82, 2.24) is 10.2 Å². The van der Waals surface area contributed by atoms with Gasteiger partial charge in [0.2, 0.25) is 5.91 Å². The molecule has 0 unspecified atom stereocenters. The van der Waals surface area contributed by atoms with Gasteiger partial charge in [-0.2, -0.15) is 0 Å². The van der Waals surface area contributed by atoms with Crippen molar-refractivity contribution < 1.29 is 14.5 Å². The lowest BCUT2D eigenvalue weighted by Crippen LogP contribution is -3.16. The van der Waals surface area contributed by atoms with E-state index in [9.17, 15) is 9.59 Å². The van der Waals surface area contributed by atoms with E-state index in [-0.39, 0.29) is 23.8 Å². The summed E-state index contributed by atoms with van der Waals surface area (Å²) in [7, 11) is 0. The monoisotopic (exact) mass is 386 g/mol. The van der Waals surface area contributed by atoms with Gasteiger partial charge < -0.3 is 15.1 Å². The van der Waals surface area contributed by atoms with Crippen LogP contribution in [0.1, 0.15) is 26.3 Å². The molecule has 0 radical (unpaired) electrons. The van der Waals surface area contributed by atoms with Crippen molar-refractivity contribution in [3.05, 3.63) is 33.8 Å². The van der Waals surface area contributed by atoms with E-state index < -0.39 is 0 Å². The van der Waals surface area contributed by atoms with Crippen LogP contribution < -0.4 is 10.2 Å². The van der Waals surface area contributed by atoms with Crippen LogP contribution in [0.3, 0.4) is 0 Å². The molecule has 2 amide bonds. The van der Waals surface area contributed by atoms with Gasteiger partial charge in [-0.15, -0.1) is 0 Å². The highest BCUT2D eigenvalue weighted by Crippen LogP contribution is 2.25. The Labute approximate surface area is 159 Å². The first-order valence-corrected chi connectivity index (χ1v) is 9.26. The summed E-state index contributed by atoms with van der Waals surface area (Å²) in [6.45, 7) is 9.15. The molecule has 0 spiro atoms. The van der Waals surface area contributed by atoms with Gasteiger partial charge in [-0.1, -0.05) is 29.3 Å². The average molecular weight is 387 g/mol. The van der Waals surface area contributed by atoms with Crippen LogP contribution >= 0.6 is 23.2 Å². The van der Waals surface area contributed by atoms with E-state index in [0.717, 1.165) is 13.1 Å². The van der Waals surface area contributed by atoms with Crippen LogP contribution in [-0.4, -0.2) is 55.0 Å². The van der Waals surface area contributed by atoms with Crippen LogP contribution in [0.4, 0.5) is 0 Å². The quantitative estimate of drug-likeness (QED) is 0.815. The van der Waals surface area contributed by atoms with Gasteiger partial charge in [-0.3, -0.25) is 9.59 Å². The van der Waals surface area contributed by atoms with Crippen LogP contribution in [0, 0.1) is 0 Å². The molecule has 1 aromatic rings. The third-order valence-electron chi connectivity index (χ3n) is 4.14. The minimum absolute atomic E-state index is 0.0215. The van der Waals surface area contributed by atoms with Gasteiger partial charge in [-0.25, -0.2) is 0 Å². The van der Waals surface area contributed by atoms with E-state index in [1.54, 1.807) is 18.2 Å². The number of carbonyl (C=O) groups is 2. The summed E-state index contributed by atoms with van der Waals surface area (Å²) < 4.78 is 0. The number of hydrogen-bond donors (Lipinski definition) is 2. The normalized spacial score (nSPS) is 16.0. The predicted octanol–water partition coefficient (Wildman–Crippen LogP) is 1.18. The standard InChI is InChI=1S/C18H25Cl2N3O2/c1-18(2,3)21-16(24)12-22-7-9-23(10-8-22)17(25)11-13-14(19)5-4-6-15(13)20/h4-6H,7-12H2,1-3H3,(H,21,24)/p+1. The lowest BCUT2D eigenvalue weighted by atomic mass is 10.1. The molecule has 0 aromatic heterocycles. The molecule has 25 heavy (non-hydrogen) atoms. The Hall–Kier alpha value is -1.30. The summed E-state index contributed by atoms with van der Waals surface area (Å²) in [5.74, 6) is 0.0679.